The number of carbonyl (C=O) groups excluding carboxylic acids is 2. The topological polar surface area (TPSA) is 62.3 Å². The second kappa shape index (κ2) is 7.37. The van der Waals surface area contributed by atoms with Gasteiger partial charge < -0.3 is 10.2 Å². The highest BCUT2D eigenvalue weighted by Gasteiger charge is 2.19. The molecule has 3 rings (SSSR count). The number of hydrogen-bond donors (Lipinski definition) is 1. The lowest BCUT2D eigenvalue weighted by Gasteiger charge is -2.26. The second-order valence-corrected chi connectivity index (χ2v) is 6.31. The third-order valence-corrected chi connectivity index (χ3v) is 4.56. The maximum Gasteiger partial charge on any atom is 0.253 e. The molecule has 0 saturated carbocycles. The van der Waals surface area contributed by atoms with Crippen LogP contribution in [0.3, 0.4) is 0 Å². The van der Waals surface area contributed by atoms with Gasteiger partial charge in [0.15, 0.2) is 0 Å². The van der Waals surface area contributed by atoms with Crippen molar-refractivity contribution in [3.05, 3.63) is 52.0 Å². The van der Waals surface area contributed by atoms with Gasteiger partial charge in [-0.2, -0.15) is 0 Å². The normalized spacial score (nSPS) is 14.5. The van der Waals surface area contributed by atoms with Crippen molar-refractivity contribution in [2.45, 2.75) is 25.8 Å². The smallest absolute Gasteiger partial charge is 0.253 e. The quantitative estimate of drug-likeness (QED) is 0.938. The van der Waals surface area contributed by atoms with E-state index >= 15 is 0 Å². The summed E-state index contributed by atoms with van der Waals surface area (Å²) in [5, 5.41) is 4.73. The van der Waals surface area contributed by atoms with E-state index in [9.17, 15) is 9.59 Å². The maximum absolute atomic E-state index is 12.5. The Hall–Kier alpha value is -2.21. The van der Waals surface area contributed by atoms with Gasteiger partial charge in [0.05, 0.1) is 17.7 Å². The van der Waals surface area contributed by atoms with Crippen molar-refractivity contribution >= 4 is 23.2 Å². The molecule has 0 bridgehead atoms. The molecule has 5 nitrogen and oxygen atoms in total. The summed E-state index contributed by atoms with van der Waals surface area (Å²) in [6.07, 6.45) is 3.29. The molecule has 0 aliphatic carbocycles. The Labute approximate surface area is 139 Å². The Balaban J connectivity index is 1.66. The molecular weight excluding hydrogens is 310 g/mol. The van der Waals surface area contributed by atoms with Gasteiger partial charge in [-0.15, -0.1) is 11.3 Å². The van der Waals surface area contributed by atoms with Gasteiger partial charge in [0.2, 0.25) is 0 Å². The van der Waals surface area contributed by atoms with Gasteiger partial charge in [0, 0.05) is 29.6 Å². The molecule has 2 heterocycles. The molecule has 1 aromatic carbocycles. The lowest BCUT2D eigenvalue weighted by molar-refractivity contribution is 0.0724. The molecule has 120 valence electrons. The van der Waals surface area contributed by atoms with Crippen molar-refractivity contribution in [3.63, 3.8) is 0 Å². The van der Waals surface area contributed by atoms with Crippen LogP contribution in [0.15, 0.2) is 35.2 Å². The molecule has 0 radical (unpaired) electrons. The number of piperidine rings is 1. The zero-order valence-corrected chi connectivity index (χ0v) is 13.6. The number of benzene rings is 1. The van der Waals surface area contributed by atoms with Gasteiger partial charge >= 0.3 is 0 Å². The molecule has 0 spiro atoms. The van der Waals surface area contributed by atoms with E-state index in [2.05, 4.69) is 10.3 Å². The van der Waals surface area contributed by atoms with Crippen LogP contribution in [-0.2, 0) is 6.54 Å². The van der Waals surface area contributed by atoms with E-state index in [0.29, 0.717) is 17.7 Å². The first-order valence-corrected chi connectivity index (χ1v) is 8.73. The fourth-order valence-electron chi connectivity index (χ4n) is 2.67. The van der Waals surface area contributed by atoms with Crippen LogP contribution < -0.4 is 5.32 Å². The number of likely N-dealkylation sites (tertiary alicyclic amines) is 1. The highest BCUT2D eigenvalue weighted by atomic mass is 32.1. The number of carbonyl (C=O) groups is 2. The van der Waals surface area contributed by atoms with Crippen molar-refractivity contribution in [1.29, 1.82) is 0 Å². The Morgan fingerprint density at radius 3 is 2.70 bits per heavy atom. The van der Waals surface area contributed by atoms with Crippen LogP contribution in [0.4, 0.5) is 0 Å². The number of hydrogen-bond acceptors (Lipinski definition) is 4. The number of rotatable bonds is 4. The van der Waals surface area contributed by atoms with Gasteiger partial charge in [-0.3, -0.25) is 9.59 Å². The Kier molecular flexibility index (Phi) is 5.02. The molecular formula is C17H19N3O2S. The summed E-state index contributed by atoms with van der Waals surface area (Å²) in [6.45, 7) is 2.00. The van der Waals surface area contributed by atoms with Crippen LogP contribution >= 0.6 is 11.3 Å². The van der Waals surface area contributed by atoms with Crippen LogP contribution in [0.25, 0.3) is 0 Å². The highest BCUT2D eigenvalue weighted by Crippen LogP contribution is 2.14. The van der Waals surface area contributed by atoms with Crippen LogP contribution in [-0.4, -0.2) is 34.8 Å². The van der Waals surface area contributed by atoms with Crippen molar-refractivity contribution < 1.29 is 9.59 Å². The SMILES string of the molecule is O=C(NCc1cscn1)c1cccc(C(=O)N2CCCCC2)c1. The van der Waals surface area contributed by atoms with Gasteiger partial charge in [0.25, 0.3) is 11.8 Å². The van der Waals surface area contributed by atoms with Crippen LogP contribution in [0.2, 0.25) is 0 Å². The minimum absolute atomic E-state index is 0.0128. The van der Waals surface area contributed by atoms with E-state index in [1.54, 1.807) is 29.8 Å². The molecule has 1 aromatic heterocycles. The Morgan fingerprint density at radius 1 is 1.17 bits per heavy atom. The van der Waals surface area contributed by atoms with Crippen LogP contribution in [0.1, 0.15) is 45.7 Å². The third-order valence-electron chi connectivity index (χ3n) is 3.93. The standard InChI is InChI=1S/C17H19N3O2S/c21-16(18-10-15-11-23-12-19-15)13-5-4-6-14(9-13)17(22)20-7-2-1-3-8-20/h4-6,9,11-12H,1-3,7-8,10H2,(H,18,21). The van der Waals surface area contributed by atoms with Crippen LogP contribution in [0.5, 0.6) is 0 Å². The fraction of sp³-hybridized carbons (Fsp3) is 0.353. The molecule has 1 N–H and O–H groups in total. The largest absolute Gasteiger partial charge is 0.346 e. The van der Waals surface area contributed by atoms with Gasteiger partial charge in [-0.25, -0.2) is 4.98 Å². The van der Waals surface area contributed by atoms with Gasteiger partial charge in [-0.1, -0.05) is 6.07 Å². The number of thiazole rings is 1. The van der Waals surface area contributed by atoms with E-state index in [-0.39, 0.29) is 11.8 Å². The minimum atomic E-state index is -0.189. The monoisotopic (exact) mass is 329 g/mol. The number of nitrogens with one attached hydrogen (secondary N) is 1. The van der Waals surface area contributed by atoms with E-state index in [1.165, 1.54) is 17.8 Å². The average Bonchev–Trinajstić information content (AvgIpc) is 3.13. The molecule has 2 amide bonds. The third kappa shape index (κ3) is 3.96. The molecule has 1 aliphatic heterocycles. The fourth-order valence-corrected chi connectivity index (χ4v) is 3.23. The minimum Gasteiger partial charge on any atom is -0.346 e. The molecule has 1 aliphatic rings. The average molecular weight is 329 g/mol. The van der Waals surface area contributed by atoms with E-state index in [4.69, 9.17) is 0 Å². The number of nitrogens with zero attached hydrogens (tertiary/aromatic N) is 2. The summed E-state index contributed by atoms with van der Waals surface area (Å²) in [4.78, 5) is 30.7. The highest BCUT2D eigenvalue weighted by molar-refractivity contribution is 7.07. The van der Waals surface area contributed by atoms with Crippen molar-refractivity contribution in [3.8, 4) is 0 Å². The lowest BCUT2D eigenvalue weighted by atomic mass is 10.1. The predicted molar refractivity (Wildman–Crippen MR) is 89.5 cm³/mol. The van der Waals surface area contributed by atoms with E-state index in [1.807, 2.05) is 10.3 Å². The van der Waals surface area contributed by atoms with Gasteiger partial charge in [-0.05, 0) is 37.5 Å². The Bertz CT molecular complexity index is 679. The lowest BCUT2D eigenvalue weighted by Crippen LogP contribution is -2.35. The zero-order chi connectivity index (χ0) is 16.1. The van der Waals surface area contributed by atoms with Crippen molar-refractivity contribution in [1.82, 2.24) is 15.2 Å². The molecule has 1 saturated heterocycles. The van der Waals surface area contributed by atoms with E-state index < -0.39 is 0 Å². The molecule has 2 aromatic rings. The Morgan fingerprint density at radius 2 is 1.96 bits per heavy atom. The predicted octanol–water partition coefficient (Wildman–Crippen LogP) is 2.70. The van der Waals surface area contributed by atoms with Crippen molar-refractivity contribution in [2.24, 2.45) is 0 Å². The summed E-state index contributed by atoms with van der Waals surface area (Å²) in [5.41, 5.74) is 3.65. The molecule has 0 atom stereocenters. The first-order chi connectivity index (χ1) is 11.2. The molecule has 0 unspecified atom stereocenters. The summed E-state index contributed by atoms with van der Waals surface area (Å²) in [7, 11) is 0. The summed E-state index contributed by atoms with van der Waals surface area (Å²) in [5.74, 6) is -0.176. The first-order valence-electron chi connectivity index (χ1n) is 7.78. The second-order valence-electron chi connectivity index (χ2n) is 5.60. The molecule has 23 heavy (non-hydrogen) atoms. The zero-order valence-electron chi connectivity index (χ0n) is 12.8. The summed E-state index contributed by atoms with van der Waals surface area (Å²) < 4.78 is 0. The van der Waals surface area contributed by atoms with Crippen LogP contribution in [0, 0.1) is 0 Å². The summed E-state index contributed by atoms with van der Waals surface area (Å²) in [6, 6.07) is 6.93. The number of amides is 2. The van der Waals surface area contributed by atoms with Gasteiger partial charge in [0.1, 0.15) is 0 Å². The molecule has 6 heteroatoms. The number of aromatic nitrogens is 1. The van der Waals surface area contributed by atoms with Crippen molar-refractivity contribution in [2.75, 3.05) is 13.1 Å². The summed E-state index contributed by atoms with van der Waals surface area (Å²) >= 11 is 1.50. The van der Waals surface area contributed by atoms with E-state index in [0.717, 1.165) is 31.6 Å². The molecule has 1 fully saturated rings. The first kappa shape index (κ1) is 15.7. The maximum atomic E-state index is 12.5.